The van der Waals surface area contributed by atoms with Gasteiger partial charge >= 0.3 is 6.18 Å². The Hall–Kier alpha value is -1.04. The van der Waals surface area contributed by atoms with Crippen molar-refractivity contribution in [3.63, 3.8) is 0 Å². The van der Waals surface area contributed by atoms with Crippen molar-refractivity contribution in [3.8, 4) is 0 Å². The molecular formula is C6H7F3N2O. The Labute approximate surface area is 66.2 Å². The molecule has 1 rings (SSSR count). The van der Waals surface area contributed by atoms with Crippen LogP contribution < -0.4 is 0 Å². The summed E-state index contributed by atoms with van der Waals surface area (Å²) in [6, 6.07) is 0. The number of halogens is 3. The van der Waals surface area contributed by atoms with Gasteiger partial charge in [-0.2, -0.15) is 13.2 Å². The number of nitrogens with zero attached hydrogens (tertiary/aromatic N) is 1. The fraction of sp³-hybridized carbons (Fsp3) is 0.500. The van der Waals surface area contributed by atoms with Gasteiger partial charge in [-0.1, -0.05) is 0 Å². The summed E-state index contributed by atoms with van der Waals surface area (Å²) in [6.07, 6.45) is -4.72. The number of hydrogen-bond donors (Lipinski definition) is 2. The number of hydrogen-bond acceptors (Lipinski definition) is 2. The molecule has 0 aromatic carbocycles. The van der Waals surface area contributed by atoms with E-state index in [1.165, 1.54) is 12.4 Å². The molecule has 0 saturated heterocycles. The van der Waals surface area contributed by atoms with Crippen molar-refractivity contribution in [2.24, 2.45) is 0 Å². The largest absolute Gasteiger partial charge is 0.414 e. The molecule has 68 valence electrons. The van der Waals surface area contributed by atoms with Gasteiger partial charge in [-0.15, -0.1) is 0 Å². The average Bonchev–Trinajstić information content (AvgIpc) is 2.37. The van der Waals surface area contributed by atoms with Gasteiger partial charge in [0.1, 0.15) is 5.82 Å². The van der Waals surface area contributed by atoms with Gasteiger partial charge in [0.2, 0.25) is 0 Å². The summed E-state index contributed by atoms with van der Waals surface area (Å²) < 4.78 is 35.2. The van der Waals surface area contributed by atoms with Crippen LogP contribution in [0.25, 0.3) is 0 Å². The average molecular weight is 180 g/mol. The van der Waals surface area contributed by atoms with E-state index in [4.69, 9.17) is 5.11 Å². The predicted molar refractivity (Wildman–Crippen MR) is 34.4 cm³/mol. The molecule has 1 heterocycles. The van der Waals surface area contributed by atoms with Crippen molar-refractivity contribution in [2.45, 2.75) is 18.7 Å². The van der Waals surface area contributed by atoms with Gasteiger partial charge in [-0.25, -0.2) is 4.98 Å². The first-order valence-electron chi connectivity index (χ1n) is 3.23. The number of aliphatic hydroxyl groups is 1. The summed E-state index contributed by atoms with van der Waals surface area (Å²) in [4.78, 5) is 6.02. The second-order valence-corrected chi connectivity index (χ2v) is 2.30. The lowest BCUT2D eigenvalue weighted by Crippen LogP contribution is -2.30. The number of aromatic nitrogens is 2. The predicted octanol–water partition coefficient (Wildman–Crippen LogP) is 0.875. The van der Waals surface area contributed by atoms with E-state index in [9.17, 15) is 13.2 Å². The molecule has 0 fully saturated rings. The van der Waals surface area contributed by atoms with Gasteiger partial charge in [0.25, 0.3) is 0 Å². The third kappa shape index (κ3) is 2.23. The molecule has 0 aliphatic carbocycles. The molecule has 1 aromatic rings. The Morgan fingerprint density at radius 1 is 1.58 bits per heavy atom. The molecule has 0 bridgehead atoms. The normalized spacial score (nSPS) is 14.7. The molecule has 1 aromatic heterocycles. The monoisotopic (exact) mass is 180 g/mol. The van der Waals surface area contributed by atoms with E-state index in [0.29, 0.717) is 0 Å². The highest BCUT2D eigenvalue weighted by Gasteiger charge is 2.38. The molecular weight excluding hydrogens is 173 g/mol. The summed E-state index contributed by atoms with van der Waals surface area (Å²) in [6.45, 7) is 0. The zero-order chi connectivity index (χ0) is 9.19. The van der Waals surface area contributed by atoms with Gasteiger partial charge in [-0.05, 0) is 0 Å². The van der Waals surface area contributed by atoms with E-state index in [1.54, 1.807) is 0 Å². The molecule has 12 heavy (non-hydrogen) atoms. The minimum Gasteiger partial charge on any atom is -0.383 e. The molecule has 2 N–H and O–H groups in total. The molecule has 6 heteroatoms. The Kier molecular flexibility index (Phi) is 2.37. The van der Waals surface area contributed by atoms with Crippen molar-refractivity contribution in [2.75, 3.05) is 0 Å². The smallest absolute Gasteiger partial charge is 0.383 e. The zero-order valence-corrected chi connectivity index (χ0v) is 5.97. The lowest BCUT2D eigenvalue weighted by Gasteiger charge is -2.12. The highest BCUT2D eigenvalue weighted by molar-refractivity contribution is 4.90. The van der Waals surface area contributed by atoms with Crippen molar-refractivity contribution < 1.29 is 18.3 Å². The van der Waals surface area contributed by atoms with Gasteiger partial charge in [0, 0.05) is 18.8 Å². The number of aliphatic hydroxyl groups excluding tert-OH is 1. The van der Waals surface area contributed by atoms with Crippen LogP contribution in [0, 0.1) is 0 Å². The van der Waals surface area contributed by atoms with Crippen molar-refractivity contribution in [3.05, 3.63) is 18.2 Å². The highest BCUT2D eigenvalue weighted by Crippen LogP contribution is 2.21. The van der Waals surface area contributed by atoms with Crippen LogP contribution in [0.5, 0.6) is 0 Å². The second kappa shape index (κ2) is 3.14. The van der Waals surface area contributed by atoms with Crippen LogP contribution in [-0.2, 0) is 6.42 Å². The van der Waals surface area contributed by atoms with E-state index in [2.05, 4.69) is 9.97 Å². The number of nitrogens with one attached hydrogen (secondary N) is 1. The minimum atomic E-state index is -4.58. The molecule has 0 saturated carbocycles. The molecule has 0 amide bonds. The van der Waals surface area contributed by atoms with Crippen LogP contribution in [0.4, 0.5) is 13.2 Å². The zero-order valence-electron chi connectivity index (χ0n) is 5.97. The first-order chi connectivity index (χ1) is 5.50. The first kappa shape index (κ1) is 9.05. The third-order valence-corrected chi connectivity index (χ3v) is 1.32. The number of alkyl halides is 3. The summed E-state index contributed by atoms with van der Waals surface area (Å²) >= 11 is 0. The third-order valence-electron chi connectivity index (χ3n) is 1.32. The van der Waals surface area contributed by atoms with E-state index in [0.717, 1.165) is 0 Å². The Bertz CT molecular complexity index is 231. The molecule has 1 unspecified atom stereocenters. The second-order valence-electron chi connectivity index (χ2n) is 2.30. The van der Waals surface area contributed by atoms with E-state index in [-0.39, 0.29) is 5.82 Å². The number of imidazole rings is 1. The standard InChI is InChI=1S/C6H7F3N2O/c7-6(8,9)4(12)3-5-10-1-2-11-5/h1-2,4,12H,3H2,(H,10,11). The van der Waals surface area contributed by atoms with Gasteiger partial charge < -0.3 is 10.1 Å². The van der Waals surface area contributed by atoms with Crippen molar-refractivity contribution >= 4 is 0 Å². The van der Waals surface area contributed by atoms with Crippen molar-refractivity contribution in [1.82, 2.24) is 9.97 Å². The molecule has 1 atom stereocenters. The lowest BCUT2D eigenvalue weighted by atomic mass is 10.2. The Morgan fingerprint density at radius 3 is 2.67 bits per heavy atom. The van der Waals surface area contributed by atoms with Gasteiger partial charge in [-0.3, -0.25) is 0 Å². The maximum atomic E-state index is 11.7. The number of rotatable bonds is 2. The Balaban J connectivity index is 2.53. The van der Waals surface area contributed by atoms with Crippen LogP contribution in [0.2, 0.25) is 0 Å². The molecule has 0 aliphatic heterocycles. The van der Waals surface area contributed by atoms with Crippen molar-refractivity contribution in [1.29, 1.82) is 0 Å². The lowest BCUT2D eigenvalue weighted by molar-refractivity contribution is -0.203. The van der Waals surface area contributed by atoms with E-state index in [1.807, 2.05) is 0 Å². The molecule has 3 nitrogen and oxygen atoms in total. The molecule has 0 spiro atoms. The maximum Gasteiger partial charge on any atom is 0.414 e. The molecule has 0 aliphatic rings. The maximum absolute atomic E-state index is 11.7. The topological polar surface area (TPSA) is 48.9 Å². The fourth-order valence-corrected chi connectivity index (χ4v) is 0.708. The highest BCUT2D eigenvalue weighted by atomic mass is 19.4. The number of aromatic amines is 1. The fourth-order valence-electron chi connectivity index (χ4n) is 0.708. The van der Waals surface area contributed by atoms with E-state index >= 15 is 0 Å². The van der Waals surface area contributed by atoms with E-state index < -0.39 is 18.7 Å². The van der Waals surface area contributed by atoms with Gasteiger partial charge in [0.15, 0.2) is 6.10 Å². The van der Waals surface area contributed by atoms with Crippen LogP contribution in [0.15, 0.2) is 12.4 Å². The minimum absolute atomic E-state index is 0.125. The van der Waals surface area contributed by atoms with Gasteiger partial charge in [0.05, 0.1) is 0 Å². The molecule has 0 radical (unpaired) electrons. The SMILES string of the molecule is OC(Cc1ncc[nH]1)C(F)(F)F. The summed E-state index contributed by atoms with van der Waals surface area (Å²) in [7, 11) is 0. The van der Waals surface area contributed by atoms with Crippen LogP contribution in [-0.4, -0.2) is 27.4 Å². The first-order valence-corrected chi connectivity index (χ1v) is 3.23. The number of H-pyrrole nitrogens is 1. The summed E-state index contributed by atoms with van der Waals surface area (Å²) in [5, 5.41) is 8.57. The summed E-state index contributed by atoms with van der Waals surface area (Å²) in [5.41, 5.74) is 0. The Morgan fingerprint density at radius 2 is 2.25 bits per heavy atom. The van der Waals surface area contributed by atoms with Crippen LogP contribution >= 0.6 is 0 Å². The van der Waals surface area contributed by atoms with Crippen LogP contribution in [0.3, 0.4) is 0 Å². The summed E-state index contributed by atoms with van der Waals surface area (Å²) in [5.74, 6) is 0.125. The quantitative estimate of drug-likeness (QED) is 0.709. The van der Waals surface area contributed by atoms with Crippen LogP contribution in [0.1, 0.15) is 5.82 Å².